The van der Waals surface area contributed by atoms with E-state index < -0.39 is 0 Å². The topological polar surface area (TPSA) is 74.5 Å². The lowest BCUT2D eigenvalue weighted by atomic mass is 10.3. The zero-order chi connectivity index (χ0) is 11.2. The first-order chi connectivity index (χ1) is 7.88. The highest BCUT2D eigenvalue weighted by molar-refractivity contribution is 5.42. The second-order valence-electron chi connectivity index (χ2n) is 3.11. The van der Waals surface area contributed by atoms with Crippen LogP contribution in [0.3, 0.4) is 0 Å². The molecule has 0 unspecified atom stereocenters. The minimum atomic E-state index is 0.407. The Hall–Kier alpha value is -2.48. The number of aromatic nitrogens is 3. The lowest BCUT2D eigenvalue weighted by molar-refractivity contribution is 0.924. The molecule has 2 rings (SSSR count). The van der Waals surface area contributed by atoms with Crippen LogP contribution in [0.1, 0.15) is 11.4 Å². The summed E-state index contributed by atoms with van der Waals surface area (Å²) in [6.45, 7) is 0.585. The van der Waals surface area contributed by atoms with Crippen LogP contribution in [0, 0.1) is 11.3 Å². The highest BCUT2D eigenvalue weighted by Crippen LogP contribution is 2.06. The highest BCUT2D eigenvalue weighted by Gasteiger charge is 1.96. The summed E-state index contributed by atoms with van der Waals surface area (Å²) in [4.78, 5) is 3.95. The van der Waals surface area contributed by atoms with Gasteiger partial charge in [-0.25, -0.2) is 4.98 Å². The van der Waals surface area contributed by atoms with Gasteiger partial charge in [-0.2, -0.15) is 15.5 Å². The van der Waals surface area contributed by atoms with E-state index in [9.17, 15) is 0 Å². The third-order valence-electron chi connectivity index (χ3n) is 1.98. The Morgan fingerprint density at radius 1 is 1.31 bits per heavy atom. The fourth-order valence-corrected chi connectivity index (χ4v) is 1.18. The first-order valence-corrected chi connectivity index (χ1v) is 4.75. The van der Waals surface area contributed by atoms with Crippen LogP contribution in [0.5, 0.6) is 0 Å². The Bertz CT molecular complexity index is 486. The van der Waals surface area contributed by atoms with Crippen LogP contribution >= 0.6 is 0 Å². The molecule has 0 atom stereocenters. The zero-order valence-corrected chi connectivity index (χ0v) is 8.46. The molecular formula is C11H9N5. The molecule has 16 heavy (non-hydrogen) atoms. The summed E-state index contributed by atoms with van der Waals surface area (Å²) in [7, 11) is 0. The number of pyridine rings is 1. The van der Waals surface area contributed by atoms with Crippen LogP contribution in [0.4, 0.5) is 5.69 Å². The van der Waals surface area contributed by atoms with E-state index in [1.54, 1.807) is 18.5 Å². The molecule has 78 valence electrons. The lowest BCUT2D eigenvalue weighted by Gasteiger charge is -2.04. The molecule has 0 aromatic carbocycles. The maximum Gasteiger partial charge on any atom is 0.140 e. The fraction of sp³-hybridized carbons (Fsp3) is 0.0909. The molecule has 0 aliphatic rings. The van der Waals surface area contributed by atoms with Crippen molar-refractivity contribution in [3.05, 3.63) is 48.0 Å². The summed E-state index contributed by atoms with van der Waals surface area (Å²) in [5.41, 5.74) is 2.11. The number of anilines is 1. The smallest absolute Gasteiger partial charge is 0.140 e. The molecule has 2 aromatic heterocycles. The van der Waals surface area contributed by atoms with Crippen molar-refractivity contribution in [2.75, 3.05) is 5.32 Å². The quantitative estimate of drug-likeness (QED) is 0.829. The standard InChI is InChI=1S/C11H9N5/c12-6-9-3-4-10(7-13-9)14-8-11-2-1-5-15-16-11/h1-5,7,14H,8H2. The van der Waals surface area contributed by atoms with Crippen molar-refractivity contribution in [2.45, 2.75) is 6.54 Å². The predicted molar refractivity (Wildman–Crippen MR) is 58.3 cm³/mol. The Morgan fingerprint density at radius 2 is 2.25 bits per heavy atom. The van der Waals surface area contributed by atoms with E-state index in [4.69, 9.17) is 5.26 Å². The van der Waals surface area contributed by atoms with E-state index in [1.807, 2.05) is 24.3 Å². The summed E-state index contributed by atoms with van der Waals surface area (Å²) in [5.74, 6) is 0. The van der Waals surface area contributed by atoms with Gasteiger partial charge < -0.3 is 5.32 Å². The summed E-state index contributed by atoms with van der Waals surface area (Å²) >= 11 is 0. The molecule has 0 spiro atoms. The van der Waals surface area contributed by atoms with E-state index in [1.165, 1.54) is 0 Å². The zero-order valence-electron chi connectivity index (χ0n) is 8.46. The minimum absolute atomic E-state index is 0.407. The van der Waals surface area contributed by atoms with Gasteiger partial charge in [-0.3, -0.25) is 0 Å². The molecule has 0 amide bonds. The number of rotatable bonds is 3. The van der Waals surface area contributed by atoms with E-state index >= 15 is 0 Å². The molecule has 5 heteroatoms. The molecule has 0 fully saturated rings. The van der Waals surface area contributed by atoms with E-state index in [0.717, 1.165) is 11.4 Å². The third-order valence-corrected chi connectivity index (χ3v) is 1.98. The first-order valence-electron chi connectivity index (χ1n) is 4.75. The van der Waals surface area contributed by atoms with E-state index in [2.05, 4.69) is 20.5 Å². The van der Waals surface area contributed by atoms with Gasteiger partial charge in [0.15, 0.2) is 0 Å². The Labute approximate surface area is 92.8 Å². The van der Waals surface area contributed by atoms with Gasteiger partial charge in [0.05, 0.1) is 24.1 Å². The highest BCUT2D eigenvalue weighted by atomic mass is 15.1. The second-order valence-corrected chi connectivity index (χ2v) is 3.11. The van der Waals surface area contributed by atoms with Gasteiger partial charge in [-0.05, 0) is 24.3 Å². The molecule has 0 bridgehead atoms. The average molecular weight is 211 g/mol. The molecule has 0 saturated carbocycles. The van der Waals surface area contributed by atoms with Gasteiger partial charge in [0.2, 0.25) is 0 Å². The first kappa shape index (κ1) is 10.1. The van der Waals surface area contributed by atoms with Crippen molar-refractivity contribution in [3.63, 3.8) is 0 Å². The van der Waals surface area contributed by atoms with Crippen LogP contribution in [0.15, 0.2) is 36.7 Å². The maximum absolute atomic E-state index is 8.59. The van der Waals surface area contributed by atoms with Crippen molar-refractivity contribution in [1.82, 2.24) is 15.2 Å². The van der Waals surface area contributed by atoms with Crippen LogP contribution in [-0.2, 0) is 6.54 Å². The summed E-state index contributed by atoms with van der Waals surface area (Å²) in [6.07, 6.45) is 3.25. The molecule has 0 saturated heterocycles. The van der Waals surface area contributed by atoms with E-state index in [-0.39, 0.29) is 0 Å². The number of nitriles is 1. The minimum Gasteiger partial charge on any atom is -0.378 e. The Morgan fingerprint density at radius 3 is 2.88 bits per heavy atom. The van der Waals surface area contributed by atoms with Crippen LogP contribution in [0.2, 0.25) is 0 Å². The van der Waals surface area contributed by atoms with Crippen molar-refractivity contribution < 1.29 is 0 Å². The molecule has 2 aromatic rings. The number of hydrogen-bond acceptors (Lipinski definition) is 5. The lowest BCUT2D eigenvalue weighted by Crippen LogP contribution is -2.02. The molecule has 2 heterocycles. The third kappa shape index (κ3) is 2.51. The maximum atomic E-state index is 8.59. The van der Waals surface area contributed by atoms with Crippen molar-refractivity contribution in [3.8, 4) is 6.07 Å². The normalized spacial score (nSPS) is 9.44. The molecule has 1 N–H and O–H groups in total. The molecule has 0 aliphatic heterocycles. The second kappa shape index (κ2) is 4.84. The van der Waals surface area contributed by atoms with Crippen molar-refractivity contribution in [1.29, 1.82) is 5.26 Å². The largest absolute Gasteiger partial charge is 0.378 e. The van der Waals surface area contributed by atoms with Crippen molar-refractivity contribution >= 4 is 5.69 Å². The Balaban J connectivity index is 1.98. The van der Waals surface area contributed by atoms with Gasteiger partial charge in [0, 0.05) is 6.20 Å². The fourth-order valence-electron chi connectivity index (χ4n) is 1.18. The van der Waals surface area contributed by atoms with Gasteiger partial charge in [0.25, 0.3) is 0 Å². The van der Waals surface area contributed by atoms with Gasteiger partial charge in [-0.15, -0.1) is 0 Å². The predicted octanol–water partition coefficient (Wildman–Crippen LogP) is 1.36. The molecule has 0 radical (unpaired) electrons. The Kier molecular flexibility index (Phi) is 3.04. The van der Waals surface area contributed by atoms with Gasteiger partial charge >= 0.3 is 0 Å². The van der Waals surface area contributed by atoms with Crippen LogP contribution in [0.25, 0.3) is 0 Å². The monoisotopic (exact) mass is 211 g/mol. The molecule has 0 aliphatic carbocycles. The van der Waals surface area contributed by atoms with Crippen LogP contribution in [-0.4, -0.2) is 15.2 Å². The average Bonchev–Trinajstić information content (AvgIpc) is 2.38. The van der Waals surface area contributed by atoms with Gasteiger partial charge in [0.1, 0.15) is 11.8 Å². The summed E-state index contributed by atoms with van der Waals surface area (Å²) < 4.78 is 0. The van der Waals surface area contributed by atoms with Crippen LogP contribution < -0.4 is 5.32 Å². The number of hydrogen-bond donors (Lipinski definition) is 1. The summed E-state index contributed by atoms with van der Waals surface area (Å²) in [5, 5.41) is 19.4. The SMILES string of the molecule is N#Cc1ccc(NCc2cccnn2)cn1. The number of nitrogens with zero attached hydrogens (tertiary/aromatic N) is 4. The van der Waals surface area contributed by atoms with E-state index in [0.29, 0.717) is 12.2 Å². The summed E-state index contributed by atoms with van der Waals surface area (Å²) in [6, 6.07) is 9.16. The molecule has 5 nitrogen and oxygen atoms in total. The number of nitrogens with one attached hydrogen (secondary N) is 1. The molecular weight excluding hydrogens is 202 g/mol. The van der Waals surface area contributed by atoms with Gasteiger partial charge in [-0.1, -0.05) is 0 Å². The van der Waals surface area contributed by atoms with Crippen molar-refractivity contribution in [2.24, 2.45) is 0 Å².